The van der Waals surface area contributed by atoms with E-state index in [2.05, 4.69) is 4.98 Å². The molecule has 0 unspecified atom stereocenters. The zero-order chi connectivity index (χ0) is 24.0. The molecule has 0 spiro atoms. The molecule has 1 amide bonds. The molecule has 0 bridgehead atoms. The molecular formula is C26H24N4O3S. The van der Waals surface area contributed by atoms with Crippen LogP contribution >= 0.6 is 0 Å². The third-order valence-corrected chi connectivity index (χ3v) is 7.21. The zero-order valence-corrected chi connectivity index (χ0v) is 20.0. The maximum Gasteiger partial charge on any atom is 0.230 e. The molecule has 1 atom stereocenters. The van der Waals surface area contributed by atoms with E-state index in [-0.39, 0.29) is 16.8 Å². The number of nitrogens with zero attached hydrogens (tertiary/aromatic N) is 4. The number of sulfone groups is 1. The number of fused-ring (bicyclic) bond motifs is 2. The molecule has 0 saturated heterocycles. The number of para-hydroxylation sites is 1. The second kappa shape index (κ2) is 8.22. The quantitative estimate of drug-likeness (QED) is 0.434. The fraction of sp³-hybridized carbons (Fsp3) is 0.192. The van der Waals surface area contributed by atoms with Gasteiger partial charge in [0.2, 0.25) is 11.9 Å². The zero-order valence-electron chi connectivity index (χ0n) is 19.1. The number of hydrogen-bond acceptors (Lipinski definition) is 6. The highest BCUT2D eigenvalue weighted by atomic mass is 32.2. The van der Waals surface area contributed by atoms with Crippen LogP contribution in [0.2, 0.25) is 0 Å². The molecule has 0 fully saturated rings. The minimum atomic E-state index is -3.27. The predicted molar refractivity (Wildman–Crippen MR) is 134 cm³/mol. The van der Waals surface area contributed by atoms with Gasteiger partial charge in [0.1, 0.15) is 0 Å². The van der Waals surface area contributed by atoms with E-state index in [1.165, 1.54) is 6.26 Å². The Bertz CT molecular complexity index is 1520. The van der Waals surface area contributed by atoms with Crippen LogP contribution < -0.4 is 9.80 Å². The number of aromatic nitrogens is 2. The van der Waals surface area contributed by atoms with Crippen molar-refractivity contribution in [3.8, 4) is 11.1 Å². The number of anilines is 3. The molecule has 0 radical (unpaired) electrons. The number of benzene rings is 3. The lowest BCUT2D eigenvalue weighted by atomic mass is 10.0. The van der Waals surface area contributed by atoms with Gasteiger partial charge in [0, 0.05) is 31.3 Å². The summed E-state index contributed by atoms with van der Waals surface area (Å²) in [6.07, 6.45) is 3.01. The molecule has 0 saturated carbocycles. The van der Waals surface area contributed by atoms with Crippen LogP contribution in [0, 0.1) is 0 Å². The van der Waals surface area contributed by atoms with Crippen LogP contribution in [0.1, 0.15) is 13.8 Å². The average molecular weight is 473 g/mol. The molecule has 4 aromatic rings. The van der Waals surface area contributed by atoms with Crippen LogP contribution in [0.4, 0.5) is 17.3 Å². The summed E-state index contributed by atoms with van der Waals surface area (Å²) in [6.45, 7) is 4.12. The van der Waals surface area contributed by atoms with E-state index in [0.29, 0.717) is 12.5 Å². The molecule has 1 aromatic heterocycles. The Kier molecular flexibility index (Phi) is 5.32. The van der Waals surface area contributed by atoms with Gasteiger partial charge in [-0.15, -0.1) is 0 Å². The van der Waals surface area contributed by atoms with Gasteiger partial charge in [-0.05, 0) is 48.4 Å². The van der Waals surface area contributed by atoms with Gasteiger partial charge in [0.25, 0.3) is 0 Å². The van der Waals surface area contributed by atoms with Gasteiger partial charge in [-0.3, -0.25) is 4.79 Å². The first-order valence-corrected chi connectivity index (χ1v) is 12.9. The molecule has 3 aromatic carbocycles. The maximum atomic E-state index is 12.5. The summed E-state index contributed by atoms with van der Waals surface area (Å²) < 4.78 is 23.7. The summed E-state index contributed by atoms with van der Waals surface area (Å²) in [5.74, 6) is 0.540. The van der Waals surface area contributed by atoms with E-state index in [9.17, 15) is 13.2 Å². The second-order valence-electron chi connectivity index (χ2n) is 8.58. The summed E-state index contributed by atoms with van der Waals surface area (Å²) in [4.78, 5) is 26.0. The Morgan fingerprint density at radius 2 is 1.68 bits per heavy atom. The third kappa shape index (κ3) is 3.90. The molecule has 8 heteroatoms. The number of hydrogen-bond donors (Lipinski definition) is 0. The van der Waals surface area contributed by atoms with E-state index in [1.807, 2.05) is 60.5 Å². The third-order valence-electron chi connectivity index (χ3n) is 6.09. The predicted octanol–water partition coefficient (Wildman–Crippen LogP) is 4.59. The molecule has 1 aliphatic heterocycles. The van der Waals surface area contributed by atoms with Gasteiger partial charge in [-0.2, -0.15) is 0 Å². The first-order valence-electron chi connectivity index (χ1n) is 11.0. The van der Waals surface area contributed by atoms with E-state index in [1.54, 1.807) is 36.1 Å². The lowest BCUT2D eigenvalue weighted by molar-refractivity contribution is -0.117. The normalized spacial score (nSPS) is 15.9. The highest BCUT2D eigenvalue weighted by Gasteiger charge is 2.32. The van der Waals surface area contributed by atoms with E-state index in [0.717, 1.165) is 33.4 Å². The van der Waals surface area contributed by atoms with Gasteiger partial charge in [-0.1, -0.05) is 36.4 Å². The Morgan fingerprint density at radius 3 is 2.38 bits per heavy atom. The molecule has 0 aliphatic carbocycles. The minimum absolute atomic E-state index is 0.0296. The number of carbonyl (C=O) groups excluding carboxylic acids is 1. The van der Waals surface area contributed by atoms with Gasteiger partial charge in [-0.25, -0.2) is 18.4 Å². The van der Waals surface area contributed by atoms with Crippen LogP contribution in [-0.4, -0.2) is 43.1 Å². The molecule has 0 N–H and O–H groups in total. The topological polar surface area (TPSA) is 83.5 Å². The molecule has 7 nitrogen and oxygen atoms in total. The van der Waals surface area contributed by atoms with Crippen molar-refractivity contribution in [2.45, 2.75) is 24.8 Å². The van der Waals surface area contributed by atoms with Crippen LogP contribution in [-0.2, 0) is 14.6 Å². The highest BCUT2D eigenvalue weighted by Crippen LogP contribution is 2.41. The van der Waals surface area contributed by atoms with Crippen molar-refractivity contribution in [3.05, 3.63) is 72.9 Å². The summed E-state index contributed by atoms with van der Waals surface area (Å²) in [5, 5.41) is 0.960. The van der Waals surface area contributed by atoms with Gasteiger partial charge in [0.05, 0.1) is 27.8 Å². The summed E-state index contributed by atoms with van der Waals surface area (Å²) >= 11 is 0. The minimum Gasteiger partial charge on any atom is -0.306 e. The molecule has 2 heterocycles. The van der Waals surface area contributed by atoms with Crippen molar-refractivity contribution < 1.29 is 13.2 Å². The summed E-state index contributed by atoms with van der Waals surface area (Å²) in [6, 6.07) is 20.4. The van der Waals surface area contributed by atoms with E-state index >= 15 is 0 Å². The summed E-state index contributed by atoms with van der Waals surface area (Å²) in [5.41, 5.74) is 4.25. The Morgan fingerprint density at radius 1 is 0.971 bits per heavy atom. The highest BCUT2D eigenvalue weighted by molar-refractivity contribution is 7.90. The van der Waals surface area contributed by atoms with Crippen molar-refractivity contribution in [2.75, 3.05) is 22.6 Å². The number of carbonyl (C=O) groups is 1. The van der Waals surface area contributed by atoms with Gasteiger partial charge in [0.15, 0.2) is 9.84 Å². The molecule has 1 aliphatic rings. The van der Waals surface area contributed by atoms with Gasteiger partial charge < -0.3 is 9.80 Å². The lowest BCUT2D eigenvalue weighted by Gasteiger charge is -2.41. The second-order valence-corrected chi connectivity index (χ2v) is 10.6. The van der Waals surface area contributed by atoms with Crippen LogP contribution in [0.25, 0.3) is 22.0 Å². The van der Waals surface area contributed by atoms with Crippen molar-refractivity contribution >= 4 is 44.0 Å². The Hall–Kier alpha value is -3.78. The SMILES string of the molecule is CC(=O)N1c2ccc(-c3ccc(S(C)(=O)=O)cc3)cc2N(c2ncc3ccccc3n2)C[C@@H]1C. The first kappa shape index (κ1) is 22.0. The van der Waals surface area contributed by atoms with Crippen LogP contribution in [0.15, 0.2) is 77.8 Å². The molecule has 172 valence electrons. The van der Waals surface area contributed by atoms with Gasteiger partial charge >= 0.3 is 0 Å². The van der Waals surface area contributed by atoms with Crippen LogP contribution in [0.3, 0.4) is 0 Å². The molecule has 5 rings (SSSR count). The van der Waals surface area contributed by atoms with E-state index in [4.69, 9.17) is 4.98 Å². The Balaban J connectivity index is 1.64. The largest absolute Gasteiger partial charge is 0.306 e. The average Bonchev–Trinajstić information content (AvgIpc) is 2.82. The molecular weight excluding hydrogens is 448 g/mol. The molecule has 34 heavy (non-hydrogen) atoms. The first-order chi connectivity index (χ1) is 16.2. The Labute approximate surface area is 198 Å². The van der Waals surface area contributed by atoms with Crippen LogP contribution in [0.5, 0.6) is 0 Å². The van der Waals surface area contributed by atoms with Crippen molar-refractivity contribution in [1.82, 2.24) is 9.97 Å². The van der Waals surface area contributed by atoms with Crippen molar-refractivity contribution in [3.63, 3.8) is 0 Å². The fourth-order valence-corrected chi connectivity index (χ4v) is 5.09. The van der Waals surface area contributed by atoms with E-state index < -0.39 is 9.84 Å². The monoisotopic (exact) mass is 472 g/mol. The smallest absolute Gasteiger partial charge is 0.230 e. The maximum absolute atomic E-state index is 12.5. The number of rotatable bonds is 3. The number of amides is 1. The van der Waals surface area contributed by atoms with Crippen molar-refractivity contribution in [1.29, 1.82) is 0 Å². The van der Waals surface area contributed by atoms with Crippen molar-refractivity contribution in [2.24, 2.45) is 0 Å². The fourth-order valence-electron chi connectivity index (χ4n) is 4.46. The standard InChI is InChI=1S/C26H24N4O3S/c1-17-16-29(26-27-15-21-6-4-5-7-23(21)28-26)25-14-20(10-13-24(25)30(17)18(2)31)19-8-11-22(12-9-19)34(3,32)33/h4-15,17H,16H2,1-3H3/t17-/m0/s1. The lowest BCUT2D eigenvalue weighted by Crippen LogP contribution is -2.48. The summed E-state index contributed by atoms with van der Waals surface area (Å²) in [7, 11) is -3.27.